The van der Waals surface area contributed by atoms with E-state index in [1.165, 1.54) is 17.0 Å². The van der Waals surface area contributed by atoms with Gasteiger partial charge in [0.1, 0.15) is 5.60 Å². The van der Waals surface area contributed by atoms with E-state index in [1.807, 2.05) is 0 Å². The van der Waals surface area contributed by atoms with Crippen molar-refractivity contribution in [2.75, 3.05) is 13.1 Å². The second-order valence-corrected chi connectivity index (χ2v) is 7.27. The molecule has 1 fully saturated rings. The summed E-state index contributed by atoms with van der Waals surface area (Å²) in [7, 11) is 0. The zero-order valence-electron chi connectivity index (χ0n) is 14.9. The summed E-state index contributed by atoms with van der Waals surface area (Å²) in [5.41, 5.74) is -0.227. The number of carbonyl (C=O) groups is 4. The van der Waals surface area contributed by atoms with Gasteiger partial charge < -0.3 is 14.5 Å². The minimum atomic E-state index is -0.717. The summed E-state index contributed by atoms with van der Waals surface area (Å²) in [4.78, 5) is 55.3. The average Bonchev–Trinajstić information content (AvgIpc) is 3.14. The second kappa shape index (κ2) is 6.44. The van der Waals surface area contributed by atoms with Gasteiger partial charge in [0, 0.05) is 13.1 Å². The summed E-state index contributed by atoms with van der Waals surface area (Å²) in [5, 5.41) is 0.489. The number of hydroxylamine groups is 2. The van der Waals surface area contributed by atoms with Gasteiger partial charge in [0.05, 0.1) is 17.0 Å². The summed E-state index contributed by atoms with van der Waals surface area (Å²) in [6, 6.07) is 6.27. The predicted octanol–water partition coefficient (Wildman–Crippen LogP) is 2.00. The number of hydrogen-bond donors (Lipinski definition) is 0. The van der Waals surface area contributed by atoms with Crippen LogP contribution in [-0.2, 0) is 14.4 Å². The third kappa shape index (κ3) is 3.40. The number of likely N-dealkylation sites (tertiary alicyclic amines) is 1. The minimum absolute atomic E-state index is 0.122. The van der Waals surface area contributed by atoms with E-state index in [0.29, 0.717) is 18.0 Å². The first-order valence-corrected chi connectivity index (χ1v) is 8.35. The Morgan fingerprint density at radius 1 is 1.08 bits per heavy atom. The topological polar surface area (TPSA) is 93.2 Å². The van der Waals surface area contributed by atoms with E-state index in [0.717, 1.165) is 0 Å². The molecule has 2 aliphatic rings. The normalized spacial score (nSPS) is 19.6. The first-order chi connectivity index (χ1) is 12.2. The fourth-order valence-electron chi connectivity index (χ4n) is 2.86. The van der Waals surface area contributed by atoms with Gasteiger partial charge in [-0.25, -0.2) is 9.59 Å². The highest BCUT2D eigenvalue weighted by Crippen LogP contribution is 2.25. The first kappa shape index (κ1) is 17.9. The number of carbonyl (C=O) groups excluding carboxylic acids is 4. The Balaban J connectivity index is 1.61. The van der Waals surface area contributed by atoms with Crippen molar-refractivity contribution in [3.63, 3.8) is 0 Å². The molecule has 138 valence electrons. The van der Waals surface area contributed by atoms with Crippen molar-refractivity contribution in [1.82, 2.24) is 9.96 Å². The van der Waals surface area contributed by atoms with Crippen molar-refractivity contribution in [2.45, 2.75) is 32.8 Å². The fraction of sp³-hybridized carbons (Fsp3) is 0.444. The monoisotopic (exact) mass is 360 g/mol. The summed E-state index contributed by atoms with van der Waals surface area (Å²) >= 11 is 0. The maximum atomic E-state index is 12.3. The molecule has 3 amide bonds. The van der Waals surface area contributed by atoms with Gasteiger partial charge in [-0.05, 0) is 39.3 Å². The number of amides is 3. The van der Waals surface area contributed by atoms with E-state index in [-0.39, 0.29) is 17.7 Å². The highest BCUT2D eigenvalue weighted by molar-refractivity contribution is 6.20. The lowest BCUT2D eigenvalue weighted by atomic mass is 10.1. The van der Waals surface area contributed by atoms with Crippen LogP contribution in [0.1, 0.15) is 47.9 Å². The SMILES string of the molecule is CC(C)(C)OC(=O)N1CC[C@@H](C(=O)ON2C(=O)c3ccccc3C2=O)C1. The molecule has 1 saturated heterocycles. The largest absolute Gasteiger partial charge is 0.444 e. The molecule has 8 heteroatoms. The average molecular weight is 360 g/mol. The number of imide groups is 1. The molecule has 2 aliphatic heterocycles. The molecule has 1 atom stereocenters. The van der Waals surface area contributed by atoms with Crippen LogP contribution < -0.4 is 0 Å². The number of ether oxygens (including phenoxy) is 1. The fourth-order valence-corrected chi connectivity index (χ4v) is 2.86. The van der Waals surface area contributed by atoms with E-state index in [4.69, 9.17) is 9.57 Å². The Bertz CT molecular complexity index is 747. The van der Waals surface area contributed by atoms with Crippen LogP contribution in [0, 0.1) is 5.92 Å². The zero-order valence-corrected chi connectivity index (χ0v) is 14.9. The summed E-state index contributed by atoms with van der Waals surface area (Å²) in [6.45, 7) is 5.74. The van der Waals surface area contributed by atoms with Crippen molar-refractivity contribution in [3.05, 3.63) is 35.4 Å². The van der Waals surface area contributed by atoms with Crippen molar-refractivity contribution >= 4 is 23.9 Å². The van der Waals surface area contributed by atoms with Crippen LogP contribution in [0.15, 0.2) is 24.3 Å². The first-order valence-electron chi connectivity index (χ1n) is 8.35. The van der Waals surface area contributed by atoms with E-state index in [9.17, 15) is 19.2 Å². The van der Waals surface area contributed by atoms with Gasteiger partial charge in [0.2, 0.25) is 0 Å². The van der Waals surface area contributed by atoms with Crippen LogP contribution in [0.4, 0.5) is 4.79 Å². The molecule has 0 radical (unpaired) electrons. The van der Waals surface area contributed by atoms with E-state index < -0.39 is 35.4 Å². The number of nitrogens with zero attached hydrogens (tertiary/aromatic N) is 2. The molecule has 0 unspecified atom stereocenters. The van der Waals surface area contributed by atoms with E-state index >= 15 is 0 Å². The lowest BCUT2D eigenvalue weighted by Gasteiger charge is -2.24. The van der Waals surface area contributed by atoms with Gasteiger partial charge in [-0.15, -0.1) is 0 Å². The maximum absolute atomic E-state index is 12.3. The van der Waals surface area contributed by atoms with Crippen molar-refractivity contribution < 1.29 is 28.8 Å². The van der Waals surface area contributed by atoms with E-state index in [2.05, 4.69) is 0 Å². The predicted molar refractivity (Wildman–Crippen MR) is 88.9 cm³/mol. The lowest BCUT2D eigenvalue weighted by Crippen LogP contribution is -2.38. The zero-order chi connectivity index (χ0) is 19.1. The molecular formula is C18H20N2O6. The standard InChI is InChI=1S/C18H20N2O6/c1-18(2,3)25-17(24)19-9-8-11(10-19)16(23)26-20-14(21)12-6-4-5-7-13(12)15(20)22/h4-7,11H,8-10H2,1-3H3/t11-/m1/s1. The highest BCUT2D eigenvalue weighted by atomic mass is 16.7. The van der Waals surface area contributed by atoms with Crippen molar-refractivity contribution in [1.29, 1.82) is 0 Å². The molecule has 0 aromatic heterocycles. The Kier molecular flexibility index (Phi) is 4.43. The Hall–Kier alpha value is -2.90. The third-order valence-corrected chi connectivity index (χ3v) is 4.11. The second-order valence-electron chi connectivity index (χ2n) is 7.27. The van der Waals surface area contributed by atoms with Crippen molar-refractivity contribution in [2.24, 2.45) is 5.92 Å². The smallest absolute Gasteiger partial charge is 0.410 e. The van der Waals surface area contributed by atoms with Crippen LogP contribution in [0.5, 0.6) is 0 Å². The third-order valence-electron chi connectivity index (χ3n) is 4.11. The summed E-state index contributed by atoms with van der Waals surface area (Å²) < 4.78 is 5.28. The molecule has 2 heterocycles. The van der Waals surface area contributed by atoms with E-state index in [1.54, 1.807) is 32.9 Å². The van der Waals surface area contributed by atoms with Crippen LogP contribution in [0.2, 0.25) is 0 Å². The van der Waals surface area contributed by atoms with Crippen LogP contribution in [-0.4, -0.2) is 52.5 Å². The Morgan fingerprint density at radius 2 is 1.65 bits per heavy atom. The van der Waals surface area contributed by atoms with Gasteiger partial charge in [-0.3, -0.25) is 9.59 Å². The molecule has 0 spiro atoms. The summed E-state index contributed by atoms with van der Waals surface area (Å²) in [5.74, 6) is -2.67. The molecule has 1 aromatic rings. The molecule has 0 N–H and O–H groups in total. The summed E-state index contributed by atoms with van der Waals surface area (Å²) in [6.07, 6.45) is -0.130. The maximum Gasteiger partial charge on any atom is 0.410 e. The highest BCUT2D eigenvalue weighted by Gasteiger charge is 2.41. The number of fused-ring (bicyclic) bond motifs is 1. The number of hydrogen-bond acceptors (Lipinski definition) is 6. The van der Waals surface area contributed by atoms with Crippen LogP contribution >= 0.6 is 0 Å². The van der Waals surface area contributed by atoms with Gasteiger partial charge in [0.15, 0.2) is 0 Å². The molecule has 0 bridgehead atoms. The molecular weight excluding hydrogens is 340 g/mol. The van der Waals surface area contributed by atoms with Crippen LogP contribution in [0.3, 0.4) is 0 Å². The van der Waals surface area contributed by atoms with Gasteiger partial charge in [-0.1, -0.05) is 17.2 Å². The molecule has 0 saturated carbocycles. The molecule has 0 aliphatic carbocycles. The number of rotatable bonds is 2. The van der Waals surface area contributed by atoms with Crippen LogP contribution in [0.25, 0.3) is 0 Å². The van der Waals surface area contributed by atoms with Gasteiger partial charge >= 0.3 is 12.1 Å². The molecule has 26 heavy (non-hydrogen) atoms. The molecule has 1 aromatic carbocycles. The van der Waals surface area contributed by atoms with Gasteiger partial charge in [-0.2, -0.15) is 0 Å². The van der Waals surface area contributed by atoms with Gasteiger partial charge in [0.25, 0.3) is 11.8 Å². The minimum Gasteiger partial charge on any atom is -0.444 e. The number of benzene rings is 1. The quantitative estimate of drug-likeness (QED) is 0.749. The Labute approximate surface area is 150 Å². The Morgan fingerprint density at radius 3 is 2.19 bits per heavy atom. The van der Waals surface area contributed by atoms with Crippen molar-refractivity contribution in [3.8, 4) is 0 Å². The molecule has 8 nitrogen and oxygen atoms in total. The lowest BCUT2D eigenvalue weighted by molar-refractivity contribution is -0.173. The molecule has 3 rings (SSSR count).